The molecular weight excluding hydrogens is 272 g/mol. The quantitative estimate of drug-likeness (QED) is 0.238. The van der Waals surface area contributed by atoms with Gasteiger partial charge in [-0.1, -0.05) is 6.58 Å². The van der Waals surface area contributed by atoms with Crippen LogP contribution in [0, 0.1) is 0 Å². The third-order valence-corrected chi connectivity index (χ3v) is 1.58. The molecule has 0 aromatic carbocycles. The van der Waals surface area contributed by atoms with Crippen LogP contribution in [0.25, 0.3) is 0 Å². The highest BCUT2D eigenvalue weighted by Gasteiger charge is 2.41. The molecule has 0 aromatic rings. The van der Waals surface area contributed by atoms with E-state index in [0.717, 1.165) is 6.08 Å². The number of carboxylic acid groups (broad SMARTS) is 1. The van der Waals surface area contributed by atoms with Crippen LogP contribution in [-0.2, 0) is 28.8 Å². The van der Waals surface area contributed by atoms with Crippen molar-refractivity contribution in [3.63, 3.8) is 0 Å². The Morgan fingerprint density at radius 1 is 1.25 bits per heavy atom. The van der Waals surface area contributed by atoms with Crippen LogP contribution in [0.15, 0.2) is 12.7 Å². The zero-order valence-electron chi connectivity index (χ0n) is 12.0. The van der Waals surface area contributed by atoms with Gasteiger partial charge in [0.1, 0.15) is 0 Å². The fraction of sp³-hybridized carbons (Fsp3) is 0.667. The average Bonchev–Trinajstić information content (AvgIpc) is 2.33. The van der Waals surface area contributed by atoms with Crippen molar-refractivity contribution in [2.75, 3.05) is 13.2 Å². The van der Waals surface area contributed by atoms with Crippen LogP contribution in [0.5, 0.6) is 0 Å². The van der Waals surface area contributed by atoms with Crippen LogP contribution in [-0.4, -0.2) is 42.0 Å². The minimum absolute atomic E-state index is 0.0565. The predicted molar refractivity (Wildman–Crippen MR) is 66.5 cm³/mol. The molecule has 1 unspecified atom stereocenters. The zero-order valence-corrected chi connectivity index (χ0v) is 12.0. The minimum Gasteiger partial charge on any atom is -0.450 e. The number of ether oxygens (including phenoxy) is 3. The van der Waals surface area contributed by atoms with Gasteiger partial charge >= 0.3 is 18.1 Å². The SMILES string of the molecule is C=CC(=O)OC(COC(=O)O)(OCC)OOC(C)(C)C. The third-order valence-electron chi connectivity index (χ3n) is 1.58. The normalized spacial score (nSPS) is 14.2. The molecule has 0 aliphatic rings. The van der Waals surface area contributed by atoms with Crippen molar-refractivity contribution in [3.05, 3.63) is 12.7 Å². The van der Waals surface area contributed by atoms with Crippen LogP contribution in [0.3, 0.4) is 0 Å². The van der Waals surface area contributed by atoms with Crippen LogP contribution in [0.1, 0.15) is 27.7 Å². The van der Waals surface area contributed by atoms with Gasteiger partial charge in [0.05, 0.1) is 12.2 Å². The molecule has 0 aromatic heterocycles. The van der Waals surface area contributed by atoms with Crippen molar-refractivity contribution in [2.45, 2.75) is 39.3 Å². The van der Waals surface area contributed by atoms with E-state index in [2.05, 4.69) is 11.3 Å². The van der Waals surface area contributed by atoms with Gasteiger partial charge in [0.2, 0.25) is 0 Å². The predicted octanol–water partition coefficient (Wildman–Crippen LogP) is 1.85. The number of carbonyl (C=O) groups is 2. The van der Waals surface area contributed by atoms with Crippen LogP contribution in [0.2, 0.25) is 0 Å². The van der Waals surface area contributed by atoms with Gasteiger partial charge in [-0.15, -0.1) is 0 Å². The van der Waals surface area contributed by atoms with E-state index in [1.807, 2.05) is 0 Å². The first-order valence-electron chi connectivity index (χ1n) is 5.86. The molecule has 20 heavy (non-hydrogen) atoms. The Morgan fingerprint density at radius 2 is 1.85 bits per heavy atom. The van der Waals surface area contributed by atoms with E-state index in [4.69, 9.17) is 24.4 Å². The Morgan fingerprint density at radius 3 is 2.25 bits per heavy atom. The first-order chi connectivity index (χ1) is 9.14. The molecule has 0 fully saturated rings. The van der Waals surface area contributed by atoms with Crippen LogP contribution in [0.4, 0.5) is 4.79 Å². The Balaban J connectivity index is 5.03. The van der Waals surface area contributed by atoms with Gasteiger partial charge in [-0.3, -0.25) is 0 Å². The maximum Gasteiger partial charge on any atom is 0.506 e. The molecule has 0 aliphatic heterocycles. The van der Waals surface area contributed by atoms with Gasteiger partial charge in [0.15, 0.2) is 6.61 Å². The van der Waals surface area contributed by atoms with Gasteiger partial charge in [-0.05, 0) is 27.7 Å². The topological polar surface area (TPSA) is 101 Å². The number of rotatable bonds is 8. The lowest BCUT2D eigenvalue weighted by Gasteiger charge is -2.31. The summed E-state index contributed by atoms with van der Waals surface area (Å²) in [7, 11) is 0. The highest BCUT2D eigenvalue weighted by molar-refractivity contribution is 5.81. The van der Waals surface area contributed by atoms with Gasteiger partial charge in [0, 0.05) is 6.08 Å². The minimum atomic E-state index is -2.13. The van der Waals surface area contributed by atoms with E-state index in [-0.39, 0.29) is 6.61 Å². The molecule has 0 radical (unpaired) electrons. The maximum absolute atomic E-state index is 11.3. The Labute approximate surface area is 117 Å². The molecule has 0 saturated heterocycles. The smallest absolute Gasteiger partial charge is 0.450 e. The molecule has 0 amide bonds. The summed E-state index contributed by atoms with van der Waals surface area (Å²) in [5.41, 5.74) is -0.744. The van der Waals surface area contributed by atoms with E-state index in [1.54, 1.807) is 27.7 Å². The molecule has 116 valence electrons. The summed E-state index contributed by atoms with van der Waals surface area (Å²) in [5, 5.41) is 8.53. The fourth-order valence-electron chi connectivity index (χ4n) is 0.919. The third kappa shape index (κ3) is 7.72. The van der Waals surface area contributed by atoms with E-state index in [0.29, 0.717) is 0 Å². The second-order valence-electron chi connectivity index (χ2n) is 4.57. The second kappa shape index (κ2) is 7.83. The van der Waals surface area contributed by atoms with Gasteiger partial charge in [0.25, 0.3) is 0 Å². The average molecular weight is 292 g/mol. The summed E-state index contributed by atoms with van der Waals surface area (Å²) in [6.07, 6.45) is -0.710. The Hall–Kier alpha value is -1.64. The van der Waals surface area contributed by atoms with E-state index in [1.165, 1.54) is 0 Å². The lowest BCUT2D eigenvalue weighted by atomic mass is 10.2. The van der Waals surface area contributed by atoms with Crippen molar-refractivity contribution < 1.29 is 38.7 Å². The van der Waals surface area contributed by atoms with Crippen molar-refractivity contribution in [1.29, 1.82) is 0 Å². The molecule has 1 N–H and O–H groups in total. The monoisotopic (exact) mass is 292 g/mol. The van der Waals surface area contributed by atoms with Gasteiger partial charge < -0.3 is 19.3 Å². The number of hydrogen-bond donors (Lipinski definition) is 1. The summed E-state index contributed by atoms with van der Waals surface area (Å²) in [5.74, 6) is -3.02. The fourth-order valence-corrected chi connectivity index (χ4v) is 0.919. The molecule has 8 nitrogen and oxygen atoms in total. The number of carbonyl (C=O) groups excluding carboxylic acids is 1. The molecule has 0 saturated carbocycles. The van der Waals surface area contributed by atoms with Crippen molar-refractivity contribution in [3.8, 4) is 0 Å². The standard InChI is InChI=1S/C12H20O8/c1-6-9(13)18-12(17-7-2,8-16-10(14)15)20-19-11(3,4)5/h6H,1,7-8H2,2-5H3,(H,14,15). The molecule has 1 atom stereocenters. The van der Waals surface area contributed by atoms with Crippen molar-refractivity contribution in [2.24, 2.45) is 0 Å². The maximum atomic E-state index is 11.3. The molecule has 0 rings (SSSR count). The molecule has 0 aliphatic carbocycles. The van der Waals surface area contributed by atoms with Gasteiger partial charge in [-0.25, -0.2) is 14.5 Å². The Kier molecular flexibility index (Phi) is 7.19. The molecule has 8 heteroatoms. The van der Waals surface area contributed by atoms with Gasteiger partial charge in [-0.2, -0.15) is 4.89 Å². The largest absolute Gasteiger partial charge is 0.506 e. The van der Waals surface area contributed by atoms with E-state index < -0.39 is 30.3 Å². The summed E-state index contributed by atoms with van der Waals surface area (Å²) >= 11 is 0. The first-order valence-corrected chi connectivity index (χ1v) is 5.86. The van der Waals surface area contributed by atoms with E-state index in [9.17, 15) is 9.59 Å². The summed E-state index contributed by atoms with van der Waals surface area (Å²) in [6, 6.07) is 0. The highest BCUT2D eigenvalue weighted by Crippen LogP contribution is 2.21. The Bertz CT molecular complexity index is 346. The summed E-state index contributed by atoms with van der Waals surface area (Å²) < 4.78 is 14.3. The van der Waals surface area contributed by atoms with Crippen LogP contribution < -0.4 is 0 Å². The second-order valence-corrected chi connectivity index (χ2v) is 4.57. The number of esters is 1. The first kappa shape index (κ1) is 18.4. The van der Waals surface area contributed by atoms with E-state index >= 15 is 0 Å². The lowest BCUT2D eigenvalue weighted by Crippen LogP contribution is -2.47. The molecule has 0 bridgehead atoms. The molecule has 0 spiro atoms. The summed E-state index contributed by atoms with van der Waals surface area (Å²) in [4.78, 5) is 31.8. The van der Waals surface area contributed by atoms with Crippen molar-refractivity contribution >= 4 is 12.1 Å². The lowest BCUT2D eigenvalue weighted by molar-refractivity contribution is -0.520. The molecule has 0 heterocycles. The highest BCUT2D eigenvalue weighted by atomic mass is 17.3. The zero-order chi connectivity index (χ0) is 15.8. The number of hydrogen-bond acceptors (Lipinski definition) is 7. The van der Waals surface area contributed by atoms with Crippen molar-refractivity contribution in [1.82, 2.24) is 0 Å². The molecular formula is C12H20O8. The van der Waals surface area contributed by atoms with Crippen LogP contribution >= 0.6 is 0 Å². The summed E-state index contributed by atoms with van der Waals surface area (Å²) in [6.45, 7) is 9.19.